The van der Waals surface area contributed by atoms with Gasteiger partial charge in [0, 0.05) is 25.9 Å². The zero-order chi connectivity index (χ0) is 16.6. The van der Waals surface area contributed by atoms with E-state index >= 15 is 0 Å². The number of rotatable bonds is 3. The molecule has 2 aromatic rings. The van der Waals surface area contributed by atoms with Crippen molar-refractivity contribution in [3.05, 3.63) is 48.4 Å². The normalized spacial score (nSPS) is 15.9. The number of nitrogens with zero attached hydrogens (tertiary/aromatic N) is 2. The Bertz CT molecular complexity index is 872. The first kappa shape index (κ1) is 15.2. The van der Waals surface area contributed by atoms with Crippen LogP contribution in [0.25, 0.3) is 6.08 Å². The summed E-state index contributed by atoms with van der Waals surface area (Å²) in [5, 5.41) is 2.69. The van der Waals surface area contributed by atoms with E-state index in [0.29, 0.717) is 22.8 Å². The molecule has 0 fully saturated rings. The summed E-state index contributed by atoms with van der Waals surface area (Å²) < 4.78 is 31.6. The van der Waals surface area contributed by atoms with Gasteiger partial charge in [0.15, 0.2) is 0 Å². The minimum absolute atomic E-state index is 0.335. The number of carbonyl (C=O) groups is 1. The largest absolute Gasteiger partial charge is 0.465 e. The molecule has 23 heavy (non-hydrogen) atoms. The zero-order valence-corrected chi connectivity index (χ0v) is 13.4. The fourth-order valence-electron chi connectivity index (χ4n) is 2.28. The number of carbonyl (C=O) groups excluding carboxylic acids is 1. The molecule has 0 atom stereocenters. The van der Waals surface area contributed by atoms with Crippen molar-refractivity contribution in [2.24, 2.45) is 0 Å². The van der Waals surface area contributed by atoms with Crippen molar-refractivity contribution in [2.75, 3.05) is 28.0 Å². The van der Waals surface area contributed by atoms with Crippen LogP contribution >= 0.6 is 0 Å². The maximum Gasteiger partial charge on any atom is 0.326 e. The molecule has 0 radical (unpaired) electrons. The molecule has 1 amide bonds. The molecule has 0 bridgehead atoms. The standard InChI is InChI=1S/C15H15N3O4S/c1-17-13-7-5-11(10-14(13)18(2)23(17,20)21)16-15(19)8-6-12-4-3-9-22-12/h3-10H,1-2H3,(H,16,19)/b8-6+. The first-order chi connectivity index (χ1) is 10.9. The molecule has 120 valence electrons. The third-order valence-electron chi connectivity index (χ3n) is 3.56. The SMILES string of the molecule is CN1c2ccc(NC(=O)/C=C/c3ccco3)cc2N(C)S1(=O)=O. The monoisotopic (exact) mass is 333 g/mol. The lowest BCUT2D eigenvalue weighted by Gasteiger charge is -2.13. The van der Waals surface area contributed by atoms with E-state index in [1.54, 1.807) is 36.4 Å². The van der Waals surface area contributed by atoms with E-state index in [4.69, 9.17) is 4.42 Å². The van der Waals surface area contributed by atoms with Crippen LogP contribution in [0.15, 0.2) is 47.1 Å². The molecule has 1 N–H and O–H groups in total. The Kier molecular flexibility index (Phi) is 3.61. The fraction of sp³-hybridized carbons (Fsp3) is 0.133. The highest BCUT2D eigenvalue weighted by Gasteiger charge is 2.35. The molecular weight excluding hydrogens is 318 g/mol. The van der Waals surface area contributed by atoms with Gasteiger partial charge in [-0.25, -0.2) is 0 Å². The van der Waals surface area contributed by atoms with E-state index in [0.717, 1.165) is 0 Å². The molecule has 8 heteroatoms. The quantitative estimate of drug-likeness (QED) is 0.872. The molecule has 0 spiro atoms. The second-order valence-electron chi connectivity index (χ2n) is 4.98. The summed E-state index contributed by atoms with van der Waals surface area (Å²) in [5.74, 6) is 0.236. The molecule has 0 saturated carbocycles. The minimum Gasteiger partial charge on any atom is -0.465 e. The van der Waals surface area contributed by atoms with Crippen molar-refractivity contribution in [3.8, 4) is 0 Å². The van der Waals surface area contributed by atoms with Gasteiger partial charge < -0.3 is 9.73 Å². The highest BCUT2D eigenvalue weighted by atomic mass is 32.2. The van der Waals surface area contributed by atoms with E-state index in [1.165, 1.54) is 35.0 Å². The summed E-state index contributed by atoms with van der Waals surface area (Å²) in [4.78, 5) is 11.9. The predicted octanol–water partition coefficient (Wildman–Crippen LogP) is 2.06. The van der Waals surface area contributed by atoms with Crippen molar-refractivity contribution < 1.29 is 17.6 Å². The van der Waals surface area contributed by atoms with Gasteiger partial charge in [-0.1, -0.05) is 0 Å². The summed E-state index contributed by atoms with van der Waals surface area (Å²) in [7, 11) is -0.560. The van der Waals surface area contributed by atoms with E-state index in [9.17, 15) is 13.2 Å². The van der Waals surface area contributed by atoms with Crippen LogP contribution in [0.2, 0.25) is 0 Å². The molecule has 0 unspecified atom stereocenters. The number of hydrogen-bond donors (Lipinski definition) is 1. The van der Waals surface area contributed by atoms with Gasteiger partial charge in [-0.3, -0.25) is 13.4 Å². The third kappa shape index (κ3) is 2.68. The molecule has 7 nitrogen and oxygen atoms in total. The maximum atomic E-state index is 12.1. The number of furan rings is 1. The van der Waals surface area contributed by atoms with E-state index < -0.39 is 10.2 Å². The number of anilines is 3. The van der Waals surface area contributed by atoms with Crippen LogP contribution in [0, 0.1) is 0 Å². The molecular formula is C15H15N3O4S. The molecule has 2 heterocycles. The molecule has 1 aliphatic rings. The molecule has 1 aliphatic heterocycles. The number of fused-ring (bicyclic) bond motifs is 1. The van der Waals surface area contributed by atoms with E-state index in [1.807, 2.05) is 0 Å². The lowest BCUT2D eigenvalue weighted by Crippen LogP contribution is -2.32. The Balaban J connectivity index is 1.79. The van der Waals surface area contributed by atoms with Crippen LogP contribution in [-0.2, 0) is 15.0 Å². The number of benzene rings is 1. The van der Waals surface area contributed by atoms with Gasteiger partial charge in [0.25, 0.3) is 0 Å². The van der Waals surface area contributed by atoms with Gasteiger partial charge in [-0.2, -0.15) is 8.42 Å². The van der Waals surface area contributed by atoms with Gasteiger partial charge in [0.2, 0.25) is 5.91 Å². The Hall–Kier alpha value is -2.74. The van der Waals surface area contributed by atoms with Gasteiger partial charge >= 0.3 is 10.2 Å². The molecule has 1 aromatic carbocycles. The third-order valence-corrected chi connectivity index (χ3v) is 5.33. The highest BCUT2D eigenvalue weighted by molar-refractivity contribution is 7.94. The molecule has 1 aromatic heterocycles. The second kappa shape index (κ2) is 5.47. The average molecular weight is 333 g/mol. The second-order valence-corrected chi connectivity index (χ2v) is 6.98. The van der Waals surface area contributed by atoms with Crippen LogP contribution in [-0.4, -0.2) is 28.4 Å². The molecule has 3 rings (SSSR count). The summed E-state index contributed by atoms with van der Waals surface area (Å²) >= 11 is 0. The van der Waals surface area contributed by atoms with Crippen molar-refractivity contribution in [1.29, 1.82) is 0 Å². The Morgan fingerprint density at radius 1 is 1.17 bits per heavy atom. The zero-order valence-electron chi connectivity index (χ0n) is 12.6. The predicted molar refractivity (Wildman–Crippen MR) is 88.5 cm³/mol. The van der Waals surface area contributed by atoms with E-state index in [2.05, 4.69) is 5.32 Å². The minimum atomic E-state index is -3.52. The van der Waals surface area contributed by atoms with Crippen LogP contribution in [0.3, 0.4) is 0 Å². The van der Waals surface area contributed by atoms with Gasteiger partial charge in [0.05, 0.1) is 17.6 Å². The summed E-state index contributed by atoms with van der Waals surface area (Å²) in [6.45, 7) is 0. The lowest BCUT2D eigenvalue weighted by molar-refractivity contribution is -0.111. The van der Waals surface area contributed by atoms with Crippen LogP contribution < -0.4 is 13.9 Å². The molecule has 0 saturated heterocycles. The average Bonchev–Trinajstić information content (AvgIpc) is 3.09. The van der Waals surface area contributed by atoms with Crippen LogP contribution in [0.4, 0.5) is 17.1 Å². The molecule has 0 aliphatic carbocycles. The Morgan fingerprint density at radius 3 is 2.61 bits per heavy atom. The topological polar surface area (TPSA) is 82.9 Å². The lowest BCUT2D eigenvalue weighted by atomic mass is 10.2. The number of amides is 1. The van der Waals surface area contributed by atoms with Crippen molar-refractivity contribution in [3.63, 3.8) is 0 Å². The smallest absolute Gasteiger partial charge is 0.326 e. The summed E-state index contributed by atoms with van der Waals surface area (Å²) in [5.41, 5.74) is 1.59. The van der Waals surface area contributed by atoms with E-state index in [-0.39, 0.29) is 5.91 Å². The van der Waals surface area contributed by atoms with Crippen LogP contribution in [0.5, 0.6) is 0 Å². The Morgan fingerprint density at radius 2 is 1.91 bits per heavy atom. The van der Waals surface area contributed by atoms with Crippen molar-refractivity contribution >= 4 is 39.3 Å². The fourth-order valence-corrected chi connectivity index (χ4v) is 3.44. The number of nitrogens with one attached hydrogen (secondary N) is 1. The van der Waals surface area contributed by atoms with Crippen molar-refractivity contribution in [1.82, 2.24) is 0 Å². The van der Waals surface area contributed by atoms with Gasteiger partial charge in [-0.05, 0) is 36.4 Å². The summed E-state index contributed by atoms with van der Waals surface area (Å²) in [6.07, 6.45) is 4.41. The van der Waals surface area contributed by atoms with Crippen molar-refractivity contribution in [2.45, 2.75) is 0 Å². The Labute approximate surface area is 134 Å². The van der Waals surface area contributed by atoms with Crippen LogP contribution in [0.1, 0.15) is 5.76 Å². The number of hydrogen-bond acceptors (Lipinski definition) is 4. The van der Waals surface area contributed by atoms with Gasteiger partial charge in [0.1, 0.15) is 5.76 Å². The van der Waals surface area contributed by atoms with Gasteiger partial charge in [-0.15, -0.1) is 0 Å². The summed E-state index contributed by atoms with van der Waals surface area (Å²) in [6, 6.07) is 8.39. The first-order valence-electron chi connectivity index (χ1n) is 6.79. The maximum absolute atomic E-state index is 12.1. The highest BCUT2D eigenvalue weighted by Crippen LogP contribution is 2.40. The first-order valence-corrected chi connectivity index (χ1v) is 8.19.